The van der Waals surface area contributed by atoms with Gasteiger partial charge in [0, 0.05) is 12.1 Å². The fourth-order valence-electron chi connectivity index (χ4n) is 1.34. The van der Waals surface area contributed by atoms with Gasteiger partial charge in [-0.05, 0) is 26.3 Å². The highest BCUT2D eigenvalue weighted by Crippen LogP contribution is 2.10. The topological polar surface area (TPSA) is 90.1 Å². The first kappa shape index (κ1) is 13.0. The minimum atomic E-state index is -0.340. The number of amides is 1. The average molecular weight is 262 g/mol. The molecule has 0 unspecified atom stereocenters. The van der Waals surface area contributed by atoms with Gasteiger partial charge < -0.3 is 14.6 Å². The average Bonchev–Trinajstić information content (AvgIpc) is 2.76. The summed E-state index contributed by atoms with van der Waals surface area (Å²) >= 11 is 0. The van der Waals surface area contributed by atoms with E-state index in [0.29, 0.717) is 17.5 Å². The molecule has 0 aliphatic heterocycles. The zero-order chi connectivity index (χ0) is 13.8. The van der Waals surface area contributed by atoms with Gasteiger partial charge in [0.1, 0.15) is 5.76 Å². The highest BCUT2D eigenvalue weighted by molar-refractivity contribution is 5.90. The van der Waals surface area contributed by atoms with Crippen LogP contribution in [0, 0.1) is 20.8 Å². The van der Waals surface area contributed by atoms with Crippen molar-refractivity contribution in [2.45, 2.75) is 20.8 Å². The van der Waals surface area contributed by atoms with Crippen LogP contribution in [0.3, 0.4) is 0 Å². The smallest absolute Gasteiger partial charge is 0.263 e. The number of nitrogens with zero attached hydrogens (tertiary/aromatic N) is 3. The van der Waals surface area contributed by atoms with Crippen molar-refractivity contribution in [1.82, 2.24) is 15.4 Å². The van der Waals surface area contributed by atoms with Gasteiger partial charge in [-0.15, -0.1) is 5.10 Å². The van der Waals surface area contributed by atoms with Crippen LogP contribution in [0.2, 0.25) is 0 Å². The number of hydrogen-bond acceptors (Lipinski definition) is 6. The first-order valence-corrected chi connectivity index (χ1v) is 5.71. The molecule has 0 aromatic carbocycles. The Hall–Kier alpha value is -2.44. The van der Waals surface area contributed by atoms with Crippen molar-refractivity contribution in [1.29, 1.82) is 0 Å². The third-order valence-electron chi connectivity index (χ3n) is 2.46. The van der Waals surface area contributed by atoms with Gasteiger partial charge in [0.05, 0.1) is 5.69 Å². The normalized spacial score (nSPS) is 10.3. The number of anilines is 1. The van der Waals surface area contributed by atoms with E-state index in [9.17, 15) is 4.79 Å². The lowest BCUT2D eigenvalue weighted by molar-refractivity contribution is -0.118. The Bertz CT molecular complexity index is 594. The Balaban J connectivity index is 1.88. The quantitative estimate of drug-likeness (QED) is 0.895. The molecule has 0 aliphatic rings. The van der Waals surface area contributed by atoms with Crippen molar-refractivity contribution in [2.75, 3.05) is 11.9 Å². The number of rotatable bonds is 4. The van der Waals surface area contributed by atoms with Crippen LogP contribution in [0.4, 0.5) is 5.82 Å². The number of hydrogen-bond donors (Lipinski definition) is 1. The number of ether oxygens (including phenoxy) is 1. The van der Waals surface area contributed by atoms with E-state index in [2.05, 4.69) is 20.7 Å². The second kappa shape index (κ2) is 5.47. The standard InChI is InChI=1S/C12H14N4O3/c1-7-4-12(15-14-9(7)3)18-6-11(17)13-10-5-8(2)19-16-10/h4-5H,6H2,1-3H3,(H,13,16,17). The molecule has 0 saturated carbocycles. The summed E-state index contributed by atoms with van der Waals surface area (Å²) in [7, 11) is 0. The van der Waals surface area contributed by atoms with Crippen LogP contribution in [0.25, 0.3) is 0 Å². The fraction of sp³-hybridized carbons (Fsp3) is 0.333. The third-order valence-corrected chi connectivity index (χ3v) is 2.46. The second-order valence-electron chi connectivity index (χ2n) is 4.11. The minimum Gasteiger partial charge on any atom is -0.466 e. The third kappa shape index (κ3) is 3.51. The summed E-state index contributed by atoms with van der Waals surface area (Å²) in [5.74, 6) is 0.955. The van der Waals surface area contributed by atoms with E-state index in [4.69, 9.17) is 9.26 Å². The van der Waals surface area contributed by atoms with E-state index in [1.54, 1.807) is 19.1 Å². The fourth-order valence-corrected chi connectivity index (χ4v) is 1.34. The molecule has 100 valence electrons. The summed E-state index contributed by atoms with van der Waals surface area (Å²) in [6.45, 7) is 5.33. The molecule has 7 nitrogen and oxygen atoms in total. The predicted octanol–water partition coefficient (Wildman–Crippen LogP) is 1.41. The van der Waals surface area contributed by atoms with Crippen LogP contribution in [-0.2, 0) is 4.79 Å². The van der Waals surface area contributed by atoms with Gasteiger partial charge in [0.25, 0.3) is 5.91 Å². The molecular formula is C12H14N4O3. The van der Waals surface area contributed by atoms with E-state index in [0.717, 1.165) is 11.3 Å². The van der Waals surface area contributed by atoms with Crippen molar-refractivity contribution in [3.05, 3.63) is 29.2 Å². The molecule has 2 rings (SSSR count). The highest BCUT2D eigenvalue weighted by Gasteiger charge is 2.08. The molecule has 1 N–H and O–H groups in total. The van der Waals surface area contributed by atoms with Gasteiger partial charge >= 0.3 is 0 Å². The van der Waals surface area contributed by atoms with Crippen LogP contribution in [-0.4, -0.2) is 27.9 Å². The molecule has 7 heteroatoms. The molecule has 0 fully saturated rings. The first-order chi connectivity index (χ1) is 9.04. The van der Waals surface area contributed by atoms with Crippen molar-refractivity contribution in [3.63, 3.8) is 0 Å². The van der Waals surface area contributed by atoms with Crippen LogP contribution in [0.1, 0.15) is 17.0 Å². The second-order valence-corrected chi connectivity index (χ2v) is 4.11. The van der Waals surface area contributed by atoms with Crippen LogP contribution < -0.4 is 10.1 Å². The predicted molar refractivity (Wildman–Crippen MR) is 66.9 cm³/mol. The van der Waals surface area contributed by atoms with E-state index < -0.39 is 0 Å². The summed E-state index contributed by atoms with van der Waals surface area (Å²) in [4.78, 5) is 11.6. The molecule has 19 heavy (non-hydrogen) atoms. The largest absolute Gasteiger partial charge is 0.466 e. The molecular weight excluding hydrogens is 248 g/mol. The monoisotopic (exact) mass is 262 g/mol. The zero-order valence-electron chi connectivity index (χ0n) is 10.9. The number of carbonyl (C=O) groups is 1. The first-order valence-electron chi connectivity index (χ1n) is 5.71. The number of nitrogens with one attached hydrogen (secondary N) is 1. The Morgan fingerprint density at radius 1 is 1.32 bits per heavy atom. The molecule has 1 amide bonds. The molecule has 0 radical (unpaired) electrons. The summed E-state index contributed by atoms with van der Waals surface area (Å²) in [6, 6.07) is 3.35. The maximum absolute atomic E-state index is 11.6. The Morgan fingerprint density at radius 3 is 2.74 bits per heavy atom. The Morgan fingerprint density at radius 2 is 2.11 bits per heavy atom. The van der Waals surface area contributed by atoms with E-state index >= 15 is 0 Å². The molecule has 0 aliphatic carbocycles. The molecule has 2 aromatic rings. The van der Waals surface area contributed by atoms with Crippen LogP contribution in [0.15, 0.2) is 16.7 Å². The van der Waals surface area contributed by atoms with E-state index in [1.165, 1.54) is 0 Å². The van der Waals surface area contributed by atoms with Crippen molar-refractivity contribution < 1.29 is 14.1 Å². The molecule has 0 atom stereocenters. The van der Waals surface area contributed by atoms with Crippen LogP contribution >= 0.6 is 0 Å². The lowest BCUT2D eigenvalue weighted by atomic mass is 10.2. The molecule has 2 aromatic heterocycles. The van der Waals surface area contributed by atoms with E-state index in [-0.39, 0.29) is 12.5 Å². The molecule has 0 bridgehead atoms. The van der Waals surface area contributed by atoms with Crippen molar-refractivity contribution in [2.24, 2.45) is 0 Å². The lowest BCUT2D eigenvalue weighted by Gasteiger charge is -2.05. The SMILES string of the molecule is Cc1cc(NC(=O)COc2cc(C)c(C)nn2)no1. The maximum atomic E-state index is 11.6. The van der Waals surface area contributed by atoms with Gasteiger partial charge in [-0.25, -0.2) is 0 Å². The molecule has 0 saturated heterocycles. The highest BCUT2D eigenvalue weighted by atomic mass is 16.5. The summed E-state index contributed by atoms with van der Waals surface area (Å²) in [5, 5.41) is 13.9. The van der Waals surface area contributed by atoms with Crippen molar-refractivity contribution >= 4 is 11.7 Å². The van der Waals surface area contributed by atoms with Gasteiger partial charge in [-0.1, -0.05) is 5.16 Å². The number of carbonyl (C=O) groups excluding carboxylic acids is 1. The van der Waals surface area contributed by atoms with Gasteiger partial charge in [0.2, 0.25) is 5.88 Å². The molecule has 2 heterocycles. The number of aryl methyl sites for hydroxylation is 3. The van der Waals surface area contributed by atoms with E-state index in [1.807, 2.05) is 13.8 Å². The van der Waals surface area contributed by atoms with Gasteiger partial charge in [-0.2, -0.15) is 5.10 Å². The van der Waals surface area contributed by atoms with Gasteiger partial charge in [0.15, 0.2) is 12.4 Å². The molecule has 0 spiro atoms. The van der Waals surface area contributed by atoms with Gasteiger partial charge in [-0.3, -0.25) is 4.79 Å². The maximum Gasteiger partial charge on any atom is 0.263 e. The Labute approximate surface area is 110 Å². The lowest BCUT2D eigenvalue weighted by Crippen LogP contribution is -2.20. The zero-order valence-corrected chi connectivity index (χ0v) is 10.9. The summed E-state index contributed by atoms with van der Waals surface area (Å²) in [6.07, 6.45) is 0. The van der Waals surface area contributed by atoms with Crippen LogP contribution in [0.5, 0.6) is 5.88 Å². The number of aromatic nitrogens is 3. The summed E-state index contributed by atoms with van der Waals surface area (Å²) in [5.41, 5.74) is 1.78. The van der Waals surface area contributed by atoms with Crippen molar-refractivity contribution in [3.8, 4) is 5.88 Å². The minimum absolute atomic E-state index is 0.164. The summed E-state index contributed by atoms with van der Waals surface area (Å²) < 4.78 is 10.1. The Kier molecular flexibility index (Phi) is 3.74.